The second-order valence-electron chi connectivity index (χ2n) is 5.19. The molecule has 0 aromatic carbocycles. The molecule has 0 saturated carbocycles. The minimum absolute atomic E-state index is 0.0413. The van der Waals surface area contributed by atoms with Crippen LogP contribution in [0.25, 0.3) is 0 Å². The first kappa shape index (κ1) is 17.4. The highest BCUT2D eigenvalue weighted by molar-refractivity contribution is 5.78. The molecule has 1 rings (SSSR count). The predicted molar refractivity (Wildman–Crippen MR) is 74.8 cm³/mol. The molecule has 0 radical (unpaired) electrons. The predicted octanol–water partition coefficient (Wildman–Crippen LogP) is -1.29. The standard InChI is InChI=1S/C13H23N3O5/c1-14(2)11(17)8-15-4-3-5-16(7-6-15)12(18)9-21-10-13(19)20/h3-10H2,1-2H3,(H,19,20). The topological polar surface area (TPSA) is 90.4 Å². The molecule has 1 fully saturated rings. The summed E-state index contributed by atoms with van der Waals surface area (Å²) in [6, 6.07) is 0. The average Bonchev–Trinajstić information content (AvgIpc) is 2.63. The molecule has 1 aliphatic heterocycles. The summed E-state index contributed by atoms with van der Waals surface area (Å²) in [5.74, 6) is -1.26. The van der Waals surface area contributed by atoms with Gasteiger partial charge in [-0.25, -0.2) is 4.79 Å². The fourth-order valence-electron chi connectivity index (χ4n) is 2.03. The van der Waals surface area contributed by atoms with E-state index in [9.17, 15) is 14.4 Å². The number of hydrogen-bond donors (Lipinski definition) is 1. The normalized spacial score (nSPS) is 16.4. The van der Waals surface area contributed by atoms with Gasteiger partial charge >= 0.3 is 5.97 Å². The lowest BCUT2D eigenvalue weighted by Gasteiger charge is -2.22. The van der Waals surface area contributed by atoms with Gasteiger partial charge < -0.3 is 19.6 Å². The lowest BCUT2D eigenvalue weighted by molar-refractivity contribution is -0.145. The van der Waals surface area contributed by atoms with Crippen molar-refractivity contribution >= 4 is 17.8 Å². The second-order valence-corrected chi connectivity index (χ2v) is 5.19. The molecule has 1 heterocycles. The van der Waals surface area contributed by atoms with E-state index in [1.165, 1.54) is 0 Å². The van der Waals surface area contributed by atoms with Crippen molar-refractivity contribution in [3.05, 3.63) is 0 Å². The Bertz CT molecular complexity index is 386. The first-order chi connectivity index (χ1) is 9.90. The molecule has 1 saturated heterocycles. The third-order valence-corrected chi connectivity index (χ3v) is 3.25. The van der Waals surface area contributed by atoms with E-state index in [-0.39, 0.29) is 18.4 Å². The molecular weight excluding hydrogens is 278 g/mol. The number of aliphatic carboxylic acids is 1. The van der Waals surface area contributed by atoms with Gasteiger partial charge in [0.25, 0.3) is 0 Å². The number of carbonyl (C=O) groups is 3. The molecule has 0 aliphatic carbocycles. The van der Waals surface area contributed by atoms with Crippen LogP contribution >= 0.6 is 0 Å². The van der Waals surface area contributed by atoms with Gasteiger partial charge in [-0.15, -0.1) is 0 Å². The zero-order valence-corrected chi connectivity index (χ0v) is 12.6. The minimum atomic E-state index is -1.09. The highest BCUT2D eigenvalue weighted by atomic mass is 16.5. The first-order valence-electron chi connectivity index (χ1n) is 6.90. The van der Waals surface area contributed by atoms with Crippen LogP contribution in [-0.4, -0.2) is 97.6 Å². The van der Waals surface area contributed by atoms with Crippen molar-refractivity contribution in [2.24, 2.45) is 0 Å². The molecule has 0 spiro atoms. The van der Waals surface area contributed by atoms with Crippen molar-refractivity contribution in [1.82, 2.24) is 14.7 Å². The van der Waals surface area contributed by atoms with Crippen LogP contribution in [0.2, 0.25) is 0 Å². The zero-order valence-electron chi connectivity index (χ0n) is 12.6. The van der Waals surface area contributed by atoms with Gasteiger partial charge in [0, 0.05) is 40.3 Å². The third kappa shape index (κ3) is 6.54. The van der Waals surface area contributed by atoms with Crippen LogP contribution in [0.5, 0.6) is 0 Å². The van der Waals surface area contributed by atoms with Crippen LogP contribution in [0.4, 0.5) is 0 Å². The fourth-order valence-corrected chi connectivity index (χ4v) is 2.03. The van der Waals surface area contributed by atoms with Gasteiger partial charge in [-0.2, -0.15) is 0 Å². The quantitative estimate of drug-likeness (QED) is 0.656. The van der Waals surface area contributed by atoms with Crippen LogP contribution < -0.4 is 0 Å². The molecule has 2 amide bonds. The van der Waals surface area contributed by atoms with Gasteiger partial charge in [0.05, 0.1) is 6.54 Å². The van der Waals surface area contributed by atoms with Crippen molar-refractivity contribution in [3.63, 3.8) is 0 Å². The van der Waals surface area contributed by atoms with E-state index in [2.05, 4.69) is 0 Å². The van der Waals surface area contributed by atoms with Gasteiger partial charge in [0.2, 0.25) is 11.8 Å². The SMILES string of the molecule is CN(C)C(=O)CN1CCCN(C(=O)COCC(=O)O)CC1. The monoisotopic (exact) mass is 301 g/mol. The third-order valence-electron chi connectivity index (χ3n) is 3.25. The molecule has 21 heavy (non-hydrogen) atoms. The first-order valence-corrected chi connectivity index (χ1v) is 6.90. The number of rotatable bonds is 6. The van der Waals surface area contributed by atoms with Crippen LogP contribution in [-0.2, 0) is 19.1 Å². The molecule has 0 aromatic heterocycles. The number of likely N-dealkylation sites (N-methyl/N-ethyl adjacent to an activating group) is 1. The summed E-state index contributed by atoms with van der Waals surface area (Å²) < 4.78 is 4.81. The zero-order chi connectivity index (χ0) is 15.8. The number of ether oxygens (including phenoxy) is 1. The maximum absolute atomic E-state index is 11.9. The summed E-state index contributed by atoms with van der Waals surface area (Å²) in [6.45, 7) is 2.18. The summed E-state index contributed by atoms with van der Waals surface area (Å²) in [4.78, 5) is 39.1. The van der Waals surface area contributed by atoms with Crippen LogP contribution in [0.3, 0.4) is 0 Å². The Morgan fingerprint density at radius 1 is 1.10 bits per heavy atom. The highest BCUT2D eigenvalue weighted by Crippen LogP contribution is 2.04. The van der Waals surface area contributed by atoms with Crippen molar-refractivity contribution in [3.8, 4) is 0 Å². The lowest BCUT2D eigenvalue weighted by atomic mass is 10.3. The summed E-state index contributed by atoms with van der Waals surface area (Å²) in [7, 11) is 3.44. The summed E-state index contributed by atoms with van der Waals surface area (Å²) in [5, 5.41) is 8.45. The molecule has 8 nitrogen and oxygen atoms in total. The van der Waals surface area contributed by atoms with Crippen LogP contribution in [0, 0.1) is 0 Å². The van der Waals surface area contributed by atoms with E-state index < -0.39 is 12.6 Å². The maximum atomic E-state index is 11.9. The van der Waals surface area contributed by atoms with E-state index >= 15 is 0 Å². The number of nitrogens with zero attached hydrogens (tertiary/aromatic N) is 3. The number of amides is 2. The van der Waals surface area contributed by atoms with Gasteiger partial charge in [-0.05, 0) is 6.42 Å². The molecule has 0 unspecified atom stereocenters. The van der Waals surface area contributed by atoms with Gasteiger partial charge in [0.1, 0.15) is 13.2 Å². The molecule has 1 aliphatic rings. The Balaban J connectivity index is 2.36. The van der Waals surface area contributed by atoms with E-state index in [1.807, 2.05) is 4.90 Å². The van der Waals surface area contributed by atoms with E-state index in [4.69, 9.17) is 9.84 Å². The number of carboxylic acid groups (broad SMARTS) is 1. The van der Waals surface area contributed by atoms with Crippen molar-refractivity contribution < 1.29 is 24.2 Å². The number of hydrogen-bond acceptors (Lipinski definition) is 5. The molecular formula is C13H23N3O5. The summed E-state index contributed by atoms with van der Waals surface area (Å²) >= 11 is 0. The smallest absolute Gasteiger partial charge is 0.329 e. The molecule has 1 N–H and O–H groups in total. The minimum Gasteiger partial charge on any atom is -0.480 e. The number of carbonyl (C=O) groups excluding carboxylic acids is 2. The van der Waals surface area contributed by atoms with Gasteiger partial charge in [-0.3, -0.25) is 14.5 Å². The summed E-state index contributed by atoms with van der Waals surface area (Å²) in [5.41, 5.74) is 0. The van der Waals surface area contributed by atoms with Gasteiger partial charge in [-0.1, -0.05) is 0 Å². The Morgan fingerprint density at radius 2 is 1.81 bits per heavy atom. The Labute approximate surface area is 124 Å². The van der Waals surface area contributed by atoms with E-state index in [0.29, 0.717) is 26.2 Å². The molecule has 0 aromatic rings. The fraction of sp³-hybridized carbons (Fsp3) is 0.769. The van der Waals surface area contributed by atoms with E-state index in [1.54, 1.807) is 23.9 Å². The van der Waals surface area contributed by atoms with Crippen LogP contribution in [0.1, 0.15) is 6.42 Å². The van der Waals surface area contributed by atoms with Crippen molar-refractivity contribution in [2.75, 3.05) is 60.0 Å². The molecule has 0 atom stereocenters. The molecule has 8 heteroatoms. The van der Waals surface area contributed by atoms with Crippen molar-refractivity contribution in [2.45, 2.75) is 6.42 Å². The second kappa shape index (κ2) is 8.58. The number of carboxylic acids is 1. The Kier molecular flexibility index (Phi) is 7.10. The Hall–Kier alpha value is -1.67. The van der Waals surface area contributed by atoms with Gasteiger partial charge in [0.15, 0.2) is 0 Å². The largest absolute Gasteiger partial charge is 0.480 e. The van der Waals surface area contributed by atoms with Crippen LogP contribution in [0.15, 0.2) is 0 Å². The molecule has 0 bridgehead atoms. The van der Waals surface area contributed by atoms with Crippen molar-refractivity contribution in [1.29, 1.82) is 0 Å². The highest BCUT2D eigenvalue weighted by Gasteiger charge is 2.21. The lowest BCUT2D eigenvalue weighted by Crippen LogP contribution is -2.40. The van der Waals surface area contributed by atoms with E-state index in [0.717, 1.165) is 13.0 Å². The summed E-state index contributed by atoms with van der Waals surface area (Å²) in [6.07, 6.45) is 0.783. The Morgan fingerprint density at radius 3 is 2.43 bits per heavy atom. The maximum Gasteiger partial charge on any atom is 0.329 e. The molecule has 120 valence electrons. The average molecular weight is 301 g/mol.